The highest BCUT2D eigenvalue weighted by Gasteiger charge is 2.20. The van der Waals surface area contributed by atoms with Gasteiger partial charge in [0.1, 0.15) is 18.1 Å². The Morgan fingerprint density at radius 3 is 2.65 bits per heavy atom. The van der Waals surface area contributed by atoms with Crippen molar-refractivity contribution < 1.29 is 19.7 Å². The number of nitrogens with one attached hydrogen (secondary N) is 1. The van der Waals surface area contributed by atoms with E-state index in [2.05, 4.69) is 5.32 Å². The maximum atomic E-state index is 11.3. The number of ether oxygens (including phenoxy) is 1. The molecule has 0 aliphatic heterocycles. The van der Waals surface area contributed by atoms with Crippen molar-refractivity contribution in [2.45, 2.75) is 32.4 Å². The van der Waals surface area contributed by atoms with Gasteiger partial charge in [-0.3, -0.25) is 4.79 Å². The predicted molar refractivity (Wildman–Crippen MR) is 100 cm³/mol. The van der Waals surface area contributed by atoms with Crippen LogP contribution in [0.15, 0.2) is 42.5 Å². The zero-order chi connectivity index (χ0) is 19.1. The van der Waals surface area contributed by atoms with Gasteiger partial charge < -0.3 is 26.0 Å². The van der Waals surface area contributed by atoms with E-state index in [0.29, 0.717) is 25.3 Å². The van der Waals surface area contributed by atoms with E-state index in [9.17, 15) is 15.0 Å². The van der Waals surface area contributed by atoms with E-state index in [1.165, 1.54) is 12.1 Å². The van der Waals surface area contributed by atoms with E-state index in [1.54, 1.807) is 6.07 Å². The maximum absolute atomic E-state index is 11.3. The minimum Gasteiger partial charge on any atom is -0.507 e. The minimum atomic E-state index is -0.711. The molecule has 0 spiro atoms. The van der Waals surface area contributed by atoms with E-state index >= 15 is 0 Å². The standard InChI is InChI=1S/C20H26N2O4/c1-3-17(23)19(15-7-5-4-6-13(15)2)22-10-11-26-14-8-9-18(24)16(12-14)20(21)25/h4-9,12,17,19,22-24H,3,10-11H2,1-2H3,(H2,21,25). The Morgan fingerprint density at radius 1 is 1.27 bits per heavy atom. The van der Waals surface area contributed by atoms with Crippen LogP contribution in [0.5, 0.6) is 11.5 Å². The molecule has 0 radical (unpaired) electrons. The molecular weight excluding hydrogens is 332 g/mol. The van der Waals surface area contributed by atoms with Gasteiger partial charge in [-0.15, -0.1) is 0 Å². The maximum Gasteiger partial charge on any atom is 0.252 e. The molecule has 26 heavy (non-hydrogen) atoms. The number of benzene rings is 2. The molecule has 0 bridgehead atoms. The molecule has 0 saturated heterocycles. The number of aryl methyl sites for hydroxylation is 1. The molecule has 2 aromatic carbocycles. The first-order valence-corrected chi connectivity index (χ1v) is 8.66. The lowest BCUT2D eigenvalue weighted by Gasteiger charge is -2.25. The second-order valence-corrected chi connectivity index (χ2v) is 6.16. The number of aromatic hydroxyl groups is 1. The quantitative estimate of drug-likeness (QED) is 0.515. The average molecular weight is 358 g/mol. The third-order valence-electron chi connectivity index (χ3n) is 4.30. The summed E-state index contributed by atoms with van der Waals surface area (Å²) in [6, 6.07) is 12.1. The molecule has 0 heterocycles. The summed E-state index contributed by atoms with van der Waals surface area (Å²) >= 11 is 0. The number of aliphatic hydroxyl groups is 1. The Labute approximate surface area is 153 Å². The lowest BCUT2D eigenvalue weighted by Crippen LogP contribution is -2.34. The molecule has 2 rings (SSSR count). The van der Waals surface area contributed by atoms with E-state index in [0.717, 1.165) is 11.1 Å². The van der Waals surface area contributed by atoms with Gasteiger partial charge in [0.2, 0.25) is 0 Å². The topological polar surface area (TPSA) is 105 Å². The number of carbonyl (C=O) groups excluding carboxylic acids is 1. The van der Waals surface area contributed by atoms with Crippen LogP contribution in [0.25, 0.3) is 0 Å². The predicted octanol–water partition coefficient (Wildman–Crippen LogP) is 2.28. The molecule has 1 amide bonds. The summed E-state index contributed by atoms with van der Waals surface area (Å²) in [5.74, 6) is -0.438. The molecule has 2 aromatic rings. The Balaban J connectivity index is 1.97. The van der Waals surface area contributed by atoms with Crippen LogP contribution in [-0.4, -0.2) is 35.4 Å². The molecule has 0 fully saturated rings. The molecule has 2 atom stereocenters. The summed E-state index contributed by atoms with van der Waals surface area (Å²) in [5, 5.41) is 23.3. The molecule has 140 valence electrons. The van der Waals surface area contributed by atoms with Crippen molar-refractivity contribution >= 4 is 5.91 Å². The largest absolute Gasteiger partial charge is 0.507 e. The summed E-state index contributed by atoms with van der Waals surface area (Å²) < 4.78 is 5.62. The molecule has 0 aliphatic carbocycles. The van der Waals surface area contributed by atoms with Gasteiger partial charge in [-0.2, -0.15) is 0 Å². The summed E-state index contributed by atoms with van der Waals surface area (Å²) in [6.45, 7) is 4.80. The molecule has 5 N–H and O–H groups in total. The Hall–Kier alpha value is -2.57. The Kier molecular flexibility index (Phi) is 7.00. The van der Waals surface area contributed by atoms with Crippen molar-refractivity contribution in [2.75, 3.05) is 13.2 Å². The van der Waals surface area contributed by atoms with Gasteiger partial charge in [0.05, 0.1) is 17.7 Å². The first-order chi connectivity index (χ1) is 12.4. The molecule has 0 aliphatic rings. The molecule has 2 unspecified atom stereocenters. The van der Waals surface area contributed by atoms with Gasteiger partial charge in [-0.1, -0.05) is 31.2 Å². The molecule has 6 heteroatoms. The van der Waals surface area contributed by atoms with Crippen LogP contribution in [0.3, 0.4) is 0 Å². The van der Waals surface area contributed by atoms with Crippen LogP contribution in [-0.2, 0) is 0 Å². The van der Waals surface area contributed by atoms with Crippen molar-refractivity contribution in [2.24, 2.45) is 5.73 Å². The van der Waals surface area contributed by atoms with Crippen molar-refractivity contribution in [1.29, 1.82) is 0 Å². The van der Waals surface area contributed by atoms with E-state index in [4.69, 9.17) is 10.5 Å². The van der Waals surface area contributed by atoms with Crippen molar-refractivity contribution in [3.63, 3.8) is 0 Å². The van der Waals surface area contributed by atoms with E-state index in [-0.39, 0.29) is 17.4 Å². The number of carbonyl (C=O) groups is 1. The third-order valence-corrected chi connectivity index (χ3v) is 4.30. The van der Waals surface area contributed by atoms with Crippen LogP contribution in [0.2, 0.25) is 0 Å². The number of hydrogen-bond donors (Lipinski definition) is 4. The number of amides is 1. The fourth-order valence-corrected chi connectivity index (χ4v) is 2.81. The summed E-state index contributed by atoms with van der Waals surface area (Å²) in [7, 11) is 0. The average Bonchev–Trinajstić information content (AvgIpc) is 2.63. The van der Waals surface area contributed by atoms with Crippen LogP contribution in [0.4, 0.5) is 0 Å². The number of aliphatic hydroxyl groups excluding tert-OH is 1. The second-order valence-electron chi connectivity index (χ2n) is 6.16. The lowest BCUT2D eigenvalue weighted by atomic mass is 9.95. The van der Waals surface area contributed by atoms with Gasteiger partial charge in [-0.05, 0) is 42.7 Å². The summed E-state index contributed by atoms with van der Waals surface area (Å²) in [5.41, 5.74) is 7.41. The summed E-state index contributed by atoms with van der Waals surface area (Å²) in [4.78, 5) is 11.3. The fraction of sp³-hybridized carbons (Fsp3) is 0.350. The van der Waals surface area contributed by atoms with Crippen molar-refractivity contribution in [3.05, 3.63) is 59.2 Å². The first-order valence-electron chi connectivity index (χ1n) is 8.66. The zero-order valence-corrected chi connectivity index (χ0v) is 15.1. The normalized spacial score (nSPS) is 13.2. The summed E-state index contributed by atoms with van der Waals surface area (Å²) in [6.07, 6.45) is 0.124. The van der Waals surface area contributed by atoms with Crippen LogP contribution in [0, 0.1) is 6.92 Å². The lowest BCUT2D eigenvalue weighted by molar-refractivity contribution is 0.0997. The van der Waals surface area contributed by atoms with Crippen LogP contribution in [0.1, 0.15) is 40.9 Å². The first kappa shape index (κ1) is 19.8. The molecular formula is C20H26N2O4. The second kappa shape index (κ2) is 9.22. The van der Waals surface area contributed by atoms with Crippen molar-refractivity contribution in [1.82, 2.24) is 5.32 Å². The SMILES string of the molecule is CCC(O)C(NCCOc1ccc(O)c(C(N)=O)c1)c1ccccc1C. The molecule has 6 nitrogen and oxygen atoms in total. The van der Waals surface area contributed by atoms with Gasteiger partial charge in [0.25, 0.3) is 5.91 Å². The number of hydrogen-bond acceptors (Lipinski definition) is 5. The van der Waals surface area contributed by atoms with Gasteiger partial charge >= 0.3 is 0 Å². The third kappa shape index (κ3) is 4.97. The van der Waals surface area contributed by atoms with Crippen molar-refractivity contribution in [3.8, 4) is 11.5 Å². The number of primary amides is 1. The van der Waals surface area contributed by atoms with E-state index < -0.39 is 12.0 Å². The number of rotatable bonds is 9. The molecule has 0 aromatic heterocycles. The number of nitrogens with two attached hydrogens (primary N) is 1. The van der Waals surface area contributed by atoms with Gasteiger partial charge in [0.15, 0.2) is 0 Å². The molecule has 0 saturated carbocycles. The van der Waals surface area contributed by atoms with E-state index in [1.807, 2.05) is 38.1 Å². The van der Waals surface area contributed by atoms with Gasteiger partial charge in [0, 0.05) is 6.54 Å². The number of phenols is 1. The van der Waals surface area contributed by atoms with Gasteiger partial charge in [-0.25, -0.2) is 0 Å². The highest BCUT2D eigenvalue weighted by Crippen LogP contribution is 2.24. The highest BCUT2D eigenvalue weighted by atomic mass is 16.5. The zero-order valence-electron chi connectivity index (χ0n) is 15.1. The Bertz CT molecular complexity index is 748. The fourth-order valence-electron chi connectivity index (χ4n) is 2.81. The minimum absolute atomic E-state index is 0.0228. The van der Waals surface area contributed by atoms with Crippen LogP contribution < -0.4 is 15.8 Å². The van der Waals surface area contributed by atoms with Crippen LogP contribution >= 0.6 is 0 Å². The monoisotopic (exact) mass is 358 g/mol. The smallest absolute Gasteiger partial charge is 0.252 e. The Morgan fingerprint density at radius 2 is 2.00 bits per heavy atom. The highest BCUT2D eigenvalue weighted by molar-refractivity contribution is 5.95.